The molecule has 0 spiro atoms. The standard InChI is InChI=1S/C11H19F/c1-6-8(3)11(7-2)9(4)10(5)12/h6,10H,7H2,1-5H3/b8-6-,11-9-. The molecular weight excluding hydrogens is 151 g/mol. The van der Waals surface area contributed by atoms with Crippen LogP contribution in [-0.4, -0.2) is 6.17 Å². The van der Waals surface area contributed by atoms with Crippen molar-refractivity contribution in [2.45, 2.75) is 47.2 Å². The molecule has 0 fully saturated rings. The van der Waals surface area contributed by atoms with Crippen LogP contribution in [0, 0.1) is 0 Å². The van der Waals surface area contributed by atoms with Gasteiger partial charge in [0.2, 0.25) is 0 Å². The summed E-state index contributed by atoms with van der Waals surface area (Å²) >= 11 is 0. The number of alkyl halides is 1. The van der Waals surface area contributed by atoms with E-state index in [4.69, 9.17) is 0 Å². The largest absolute Gasteiger partial charge is 0.243 e. The molecule has 0 aliphatic rings. The molecule has 0 aromatic rings. The fourth-order valence-corrected chi connectivity index (χ4v) is 1.28. The third-order valence-electron chi connectivity index (χ3n) is 2.34. The lowest BCUT2D eigenvalue weighted by molar-refractivity contribution is 0.408. The maximum atomic E-state index is 12.9. The fourth-order valence-electron chi connectivity index (χ4n) is 1.28. The zero-order chi connectivity index (χ0) is 9.72. The zero-order valence-corrected chi connectivity index (χ0v) is 8.74. The van der Waals surface area contributed by atoms with Crippen LogP contribution in [0.3, 0.4) is 0 Å². The van der Waals surface area contributed by atoms with E-state index in [1.807, 2.05) is 26.8 Å². The van der Waals surface area contributed by atoms with E-state index in [1.54, 1.807) is 6.92 Å². The Hall–Kier alpha value is -0.590. The van der Waals surface area contributed by atoms with Crippen LogP contribution in [0.25, 0.3) is 0 Å². The Morgan fingerprint density at radius 1 is 1.42 bits per heavy atom. The third kappa shape index (κ3) is 2.80. The molecule has 0 saturated carbocycles. The average Bonchev–Trinajstić information content (AvgIpc) is 2.05. The van der Waals surface area contributed by atoms with Crippen LogP contribution in [0.2, 0.25) is 0 Å². The van der Waals surface area contributed by atoms with Crippen molar-refractivity contribution < 1.29 is 4.39 Å². The minimum atomic E-state index is -0.824. The van der Waals surface area contributed by atoms with Gasteiger partial charge < -0.3 is 0 Å². The Morgan fingerprint density at radius 2 is 1.92 bits per heavy atom. The summed E-state index contributed by atoms with van der Waals surface area (Å²) in [5, 5.41) is 0. The van der Waals surface area contributed by atoms with E-state index < -0.39 is 6.17 Å². The molecule has 0 rings (SSSR count). The molecule has 0 bridgehead atoms. The van der Waals surface area contributed by atoms with E-state index in [0.29, 0.717) is 0 Å². The van der Waals surface area contributed by atoms with Crippen LogP contribution in [0.5, 0.6) is 0 Å². The minimum absolute atomic E-state index is 0.824. The van der Waals surface area contributed by atoms with Gasteiger partial charge >= 0.3 is 0 Å². The van der Waals surface area contributed by atoms with Crippen molar-refractivity contribution in [3.05, 3.63) is 22.8 Å². The molecule has 0 aliphatic heterocycles. The van der Waals surface area contributed by atoms with Crippen LogP contribution >= 0.6 is 0 Å². The molecule has 0 heterocycles. The average molecular weight is 170 g/mol. The highest BCUT2D eigenvalue weighted by Crippen LogP contribution is 2.21. The summed E-state index contributed by atoms with van der Waals surface area (Å²) in [4.78, 5) is 0. The van der Waals surface area contributed by atoms with E-state index in [1.165, 1.54) is 5.57 Å². The predicted molar refractivity (Wildman–Crippen MR) is 53.0 cm³/mol. The maximum absolute atomic E-state index is 12.9. The molecule has 0 amide bonds. The molecule has 0 N–H and O–H groups in total. The van der Waals surface area contributed by atoms with Gasteiger partial charge in [-0.05, 0) is 45.3 Å². The van der Waals surface area contributed by atoms with Gasteiger partial charge in [-0.25, -0.2) is 4.39 Å². The van der Waals surface area contributed by atoms with Gasteiger partial charge in [0.1, 0.15) is 6.17 Å². The molecular formula is C11H19F. The van der Waals surface area contributed by atoms with Crippen LogP contribution in [-0.2, 0) is 0 Å². The summed E-state index contributed by atoms with van der Waals surface area (Å²) in [7, 11) is 0. The smallest absolute Gasteiger partial charge is 0.119 e. The van der Waals surface area contributed by atoms with Crippen molar-refractivity contribution in [3.63, 3.8) is 0 Å². The summed E-state index contributed by atoms with van der Waals surface area (Å²) in [5.74, 6) is 0. The Labute approximate surface area is 75.2 Å². The van der Waals surface area contributed by atoms with Crippen molar-refractivity contribution in [1.82, 2.24) is 0 Å². The van der Waals surface area contributed by atoms with Crippen LogP contribution in [0.1, 0.15) is 41.0 Å². The SMILES string of the molecule is C/C=C(C)\C(CC)=C(\C)C(C)F. The molecule has 0 radical (unpaired) electrons. The zero-order valence-electron chi connectivity index (χ0n) is 8.74. The molecule has 1 heteroatoms. The van der Waals surface area contributed by atoms with Gasteiger partial charge in [0, 0.05) is 0 Å². The van der Waals surface area contributed by atoms with Gasteiger partial charge in [0.05, 0.1) is 0 Å². The minimum Gasteiger partial charge on any atom is -0.243 e. The van der Waals surface area contributed by atoms with Gasteiger partial charge in [-0.2, -0.15) is 0 Å². The van der Waals surface area contributed by atoms with Gasteiger partial charge in [-0.3, -0.25) is 0 Å². The highest BCUT2D eigenvalue weighted by molar-refractivity contribution is 5.33. The number of hydrogen-bond acceptors (Lipinski definition) is 0. The second-order valence-corrected chi connectivity index (χ2v) is 3.10. The Morgan fingerprint density at radius 3 is 2.17 bits per heavy atom. The first-order valence-corrected chi connectivity index (χ1v) is 4.51. The predicted octanol–water partition coefficient (Wildman–Crippen LogP) is 4.04. The maximum Gasteiger partial charge on any atom is 0.119 e. The van der Waals surface area contributed by atoms with Crippen molar-refractivity contribution >= 4 is 0 Å². The first kappa shape index (κ1) is 11.4. The Balaban J connectivity index is 4.86. The van der Waals surface area contributed by atoms with Gasteiger partial charge in [-0.1, -0.05) is 18.6 Å². The van der Waals surface area contributed by atoms with E-state index in [-0.39, 0.29) is 0 Å². The van der Waals surface area contributed by atoms with Crippen molar-refractivity contribution in [1.29, 1.82) is 0 Å². The summed E-state index contributed by atoms with van der Waals surface area (Å²) in [5.41, 5.74) is 3.22. The van der Waals surface area contributed by atoms with E-state index >= 15 is 0 Å². The lowest BCUT2D eigenvalue weighted by Gasteiger charge is -2.11. The number of halogens is 1. The van der Waals surface area contributed by atoms with E-state index in [9.17, 15) is 4.39 Å². The van der Waals surface area contributed by atoms with E-state index in [2.05, 4.69) is 6.92 Å². The number of hydrogen-bond donors (Lipinski definition) is 0. The fraction of sp³-hybridized carbons (Fsp3) is 0.636. The normalized spacial score (nSPS) is 17.3. The highest BCUT2D eigenvalue weighted by atomic mass is 19.1. The first-order valence-electron chi connectivity index (χ1n) is 4.51. The van der Waals surface area contributed by atoms with Gasteiger partial charge in [0.15, 0.2) is 0 Å². The van der Waals surface area contributed by atoms with Gasteiger partial charge in [0.25, 0.3) is 0 Å². The molecule has 0 saturated heterocycles. The lowest BCUT2D eigenvalue weighted by atomic mass is 9.97. The lowest BCUT2D eigenvalue weighted by Crippen LogP contribution is -2.00. The van der Waals surface area contributed by atoms with E-state index in [0.717, 1.165) is 17.6 Å². The van der Waals surface area contributed by atoms with Crippen LogP contribution in [0.4, 0.5) is 4.39 Å². The second-order valence-electron chi connectivity index (χ2n) is 3.10. The first-order chi connectivity index (χ1) is 5.54. The Bertz CT molecular complexity index is 197. The summed E-state index contributed by atoms with van der Waals surface area (Å²) in [6, 6.07) is 0. The highest BCUT2D eigenvalue weighted by Gasteiger charge is 2.07. The molecule has 12 heavy (non-hydrogen) atoms. The molecule has 1 atom stereocenters. The van der Waals surface area contributed by atoms with Crippen molar-refractivity contribution in [2.24, 2.45) is 0 Å². The van der Waals surface area contributed by atoms with Gasteiger partial charge in [-0.15, -0.1) is 0 Å². The molecule has 0 aromatic carbocycles. The van der Waals surface area contributed by atoms with Crippen LogP contribution < -0.4 is 0 Å². The Kier molecular flexibility index (Phi) is 4.87. The topological polar surface area (TPSA) is 0 Å². The molecule has 1 unspecified atom stereocenters. The third-order valence-corrected chi connectivity index (χ3v) is 2.34. The number of allylic oxidation sites excluding steroid dienone is 4. The molecule has 70 valence electrons. The second kappa shape index (κ2) is 5.13. The molecule has 0 aromatic heterocycles. The molecule has 0 nitrogen and oxygen atoms in total. The van der Waals surface area contributed by atoms with Crippen molar-refractivity contribution in [2.75, 3.05) is 0 Å². The van der Waals surface area contributed by atoms with Crippen molar-refractivity contribution in [3.8, 4) is 0 Å². The monoisotopic (exact) mass is 170 g/mol. The summed E-state index contributed by atoms with van der Waals surface area (Å²) in [6.07, 6.45) is 2.12. The summed E-state index contributed by atoms with van der Waals surface area (Å²) < 4.78 is 12.9. The van der Waals surface area contributed by atoms with Crippen LogP contribution in [0.15, 0.2) is 22.8 Å². The summed E-state index contributed by atoms with van der Waals surface area (Å²) in [6.45, 7) is 9.55. The number of rotatable bonds is 3. The molecule has 0 aliphatic carbocycles. The quantitative estimate of drug-likeness (QED) is 0.561.